The Morgan fingerprint density at radius 1 is 1.10 bits per heavy atom. The molecule has 0 heterocycles. The van der Waals surface area contributed by atoms with Crippen LogP contribution in [0.1, 0.15) is 43.4 Å². The molecular weight excluding hydrogens is 364 g/mol. The van der Waals surface area contributed by atoms with Crippen LogP contribution in [0, 0.1) is 6.92 Å². The fourth-order valence-corrected chi connectivity index (χ4v) is 3.33. The Kier molecular flexibility index (Phi) is 8.71. The molecule has 2 amide bonds. The second kappa shape index (κ2) is 11.2. The maximum absolute atomic E-state index is 13.3. The zero-order valence-electron chi connectivity index (χ0n) is 17.9. The van der Waals surface area contributed by atoms with Gasteiger partial charge >= 0.3 is 0 Å². The van der Waals surface area contributed by atoms with Crippen LogP contribution in [0.5, 0.6) is 5.75 Å². The van der Waals surface area contributed by atoms with Gasteiger partial charge in [-0.3, -0.25) is 9.59 Å². The van der Waals surface area contributed by atoms with E-state index in [9.17, 15) is 9.59 Å². The number of nitrogens with one attached hydrogen (secondary N) is 1. The van der Waals surface area contributed by atoms with E-state index >= 15 is 0 Å². The molecular formula is C24H32N2O3. The normalized spacial score (nSPS) is 11.6. The Balaban J connectivity index is 2.30. The summed E-state index contributed by atoms with van der Waals surface area (Å²) < 4.78 is 5.31. The van der Waals surface area contributed by atoms with Gasteiger partial charge in [-0.2, -0.15) is 0 Å². The minimum absolute atomic E-state index is 0.0550. The standard InChI is InChI=1S/C24H32N2O3/c1-5-14-25-24(28)22(6-2)26(17-19-11-9-13-21(15-19)29-4)23(27)16-20-12-8-7-10-18(20)3/h7-13,15,22H,5-6,14,16-17H2,1-4H3,(H,25,28)/t22-/m0/s1. The number of nitrogens with zero attached hydrogens (tertiary/aromatic N) is 1. The Hall–Kier alpha value is -2.82. The van der Waals surface area contributed by atoms with Crippen molar-refractivity contribution in [2.75, 3.05) is 13.7 Å². The molecule has 5 nitrogen and oxygen atoms in total. The van der Waals surface area contributed by atoms with Crippen molar-refractivity contribution in [2.45, 2.75) is 52.6 Å². The van der Waals surface area contributed by atoms with Gasteiger partial charge in [0.1, 0.15) is 11.8 Å². The molecule has 5 heteroatoms. The molecule has 2 aromatic rings. The molecule has 0 unspecified atom stereocenters. The van der Waals surface area contributed by atoms with Gasteiger partial charge in [-0.25, -0.2) is 0 Å². The van der Waals surface area contributed by atoms with E-state index in [4.69, 9.17) is 4.74 Å². The molecule has 0 aliphatic carbocycles. The zero-order valence-corrected chi connectivity index (χ0v) is 17.9. The third-order valence-electron chi connectivity index (χ3n) is 5.03. The molecule has 29 heavy (non-hydrogen) atoms. The molecule has 0 aliphatic rings. The molecule has 2 rings (SSSR count). The number of hydrogen-bond donors (Lipinski definition) is 1. The predicted molar refractivity (Wildman–Crippen MR) is 116 cm³/mol. The van der Waals surface area contributed by atoms with Gasteiger partial charge in [-0.05, 0) is 48.6 Å². The third-order valence-corrected chi connectivity index (χ3v) is 5.03. The van der Waals surface area contributed by atoms with Gasteiger partial charge in [0.25, 0.3) is 0 Å². The van der Waals surface area contributed by atoms with Crippen LogP contribution >= 0.6 is 0 Å². The van der Waals surface area contributed by atoms with Crippen LogP contribution in [0.15, 0.2) is 48.5 Å². The van der Waals surface area contributed by atoms with E-state index in [0.29, 0.717) is 19.5 Å². The highest BCUT2D eigenvalue weighted by molar-refractivity contribution is 5.88. The largest absolute Gasteiger partial charge is 0.497 e. The number of ether oxygens (including phenoxy) is 1. The minimum Gasteiger partial charge on any atom is -0.497 e. The molecule has 1 atom stereocenters. The summed E-state index contributed by atoms with van der Waals surface area (Å²) in [6.45, 7) is 6.92. The molecule has 0 fully saturated rings. The Morgan fingerprint density at radius 3 is 2.52 bits per heavy atom. The predicted octanol–water partition coefficient (Wildman–Crippen LogP) is 3.88. The molecule has 0 saturated heterocycles. The molecule has 0 aromatic heterocycles. The summed E-state index contributed by atoms with van der Waals surface area (Å²) in [6.07, 6.45) is 1.68. The molecule has 0 aliphatic heterocycles. The van der Waals surface area contributed by atoms with Crippen LogP contribution in [0.25, 0.3) is 0 Å². The van der Waals surface area contributed by atoms with E-state index in [-0.39, 0.29) is 18.2 Å². The summed E-state index contributed by atoms with van der Waals surface area (Å²) in [6, 6.07) is 15.0. The number of rotatable bonds is 10. The number of benzene rings is 2. The van der Waals surface area contributed by atoms with Gasteiger partial charge in [0.05, 0.1) is 13.5 Å². The maximum Gasteiger partial charge on any atom is 0.242 e. The molecule has 2 aromatic carbocycles. The van der Waals surface area contributed by atoms with Crippen molar-refractivity contribution >= 4 is 11.8 Å². The van der Waals surface area contributed by atoms with Crippen molar-refractivity contribution in [1.82, 2.24) is 10.2 Å². The van der Waals surface area contributed by atoms with E-state index in [0.717, 1.165) is 28.9 Å². The first-order valence-corrected chi connectivity index (χ1v) is 10.2. The first-order valence-electron chi connectivity index (χ1n) is 10.2. The zero-order chi connectivity index (χ0) is 21.2. The average molecular weight is 397 g/mol. The molecule has 0 bridgehead atoms. The van der Waals surface area contributed by atoms with Crippen LogP contribution in [-0.2, 0) is 22.6 Å². The number of methoxy groups -OCH3 is 1. The topological polar surface area (TPSA) is 58.6 Å². The van der Waals surface area contributed by atoms with Gasteiger partial charge in [0, 0.05) is 13.1 Å². The Labute approximate surface area is 174 Å². The first-order chi connectivity index (χ1) is 14.0. The summed E-state index contributed by atoms with van der Waals surface area (Å²) >= 11 is 0. The number of aryl methyl sites for hydroxylation is 1. The van der Waals surface area contributed by atoms with Gasteiger partial charge in [0.15, 0.2) is 0 Å². The fourth-order valence-electron chi connectivity index (χ4n) is 3.33. The number of carbonyl (C=O) groups is 2. The fraction of sp³-hybridized carbons (Fsp3) is 0.417. The van der Waals surface area contributed by atoms with Crippen LogP contribution in [0.3, 0.4) is 0 Å². The van der Waals surface area contributed by atoms with Crippen molar-refractivity contribution in [1.29, 1.82) is 0 Å². The molecule has 0 radical (unpaired) electrons. The van der Waals surface area contributed by atoms with E-state index in [1.165, 1.54) is 0 Å². The first kappa shape index (κ1) is 22.5. The highest BCUT2D eigenvalue weighted by Gasteiger charge is 2.28. The van der Waals surface area contributed by atoms with Crippen LogP contribution in [-0.4, -0.2) is 36.4 Å². The van der Waals surface area contributed by atoms with Crippen LogP contribution in [0.4, 0.5) is 0 Å². The monoisotopic (exact) mass is 396 g/mol. The summed E-state index contributed by atoms with van der Waals surface area (Å²) in [5.41, 5.74) is 2.99. The molecule has 0 spiro atoms. The third kappa shape index (κ3) is 6.34. The second-order valence-corrected chi connectivity index (χ2v) is 7.19. The number of carbonyl (C=O) groups excluding carboxylic acids is 2. The summed E-state index contributed by atoms with van der Waals surface area (Å²) in [4.78, 5) is 27.8. The summed E-state index contributed by atoms with van der Waals surface area (Å²) in [7, 11) is 1.62. The highest BCUT2D eigenvalue weighted by atomic mass is 16.5. The van der Waals surface area contributed by atoms with Gasteiger partial charge in [0.2, 0.25) is 11.8 Å². The van der Waals surface area contributed by atoms with Gasteiger partial charge < -0.3 is 15.0 Å². The van der Waals surface area contributed by atoms with E-state index in [2.05, 4.69) is 5.32 Å². The minimum atomic E-state index is -0.510. The quantitative estimate of drug-likeness (QED) is 0.663. The SMILES string of the molecule is CCCNC(=O)[C@H](CC)N(Cc1cccc(OC)c1)C(=O)Cc1ccccc1C. The van der Waals surface area contributed by atoms with E-state index in [1.807, 2.05) is 69.3 Å². The molecule has 0 saturated carbocycles. The van der Waals surface area contributed by atoms with Crippen molar-refractivity contribution in [3.63, 3.8) is 0 Å². The second-order valence-electron chi connectivity index (χ2n) is 7.19. The average Bonchev–Trinajstić information content (AvgIpc) is 2.73. The van der Waals surface area contributed by atoms with Crippen molar-refractivity contribution in [3.05, 3.63) is 65.2 Å². The smallest absolute Gasteiger partial charge is 0.242 e. The van der Waals surface area contributed by atoms with Crippen molar-refractivity contribution in [3.8, 4) is 5.75 Å². The van der Waals surface area contributed by atoms with Crippen molar-refractivity contribution < 1.29 is 14.3 Å². The lowest BCUT2D eigenvalue weighted by molar-refractivity contribution is -0.140. The van der Waals surface area contributed by atoms with Gasteiger partial charge in [-0.1, -0.05) is 50.2 Å². The molecule has 156 valence electrons. The summed E-state index contributed by atoms with van der Waals surface area (Å²) in [5, 5.41) is 2.94. The lowest BCUT2D eigenvalue weighted by Gasteiger charge is -2.31. The lowest BCUT2D eigenvalue weighted by Crippen LogP contribution is -2.49. The van der Waals surface area contributed by atoms with Crippen LogP contribution < -0.4 is 10.1 Å². The number of hydrogen-bond acceptors (Lipinski definition) is 3. The highest BCUT2D eigenvalue weighted by Crippen LogP contribution is 2.19. The van der Waals surface area contributed by atoms with Crippen molar-refractivity contribution in [2.24, 2.45) is 0 Å². The van der Waals surface area contributed by atoms with E-state index in [1.54, 1.807) is 12.0 Å². The maximum atomic E-state index is 13.3. The lowest BCUT2D eigenvalue weighted by atomic mass is 10.0. The molecule has 1 N–H and O–H groups in total. The number of amides is 2. The Bertz CT molecular complexity index is 819. The van der Waals surface area contributed by atoms with Gasteiger partial charge in [-0.15, -0.1) is 0 Å². The van der Waals surface area contributed by atoms with E-state index < -0.39 is 6.04 Å². The summed E-state index contributed by atoms with van der Waals surface area (Å²) in [5.74, 6) is 0.577. The Morgan fingerprint density at radius 2 is 1.86 bits per heavy atom. The van der Waals surface area contributed by atoms with Crippen LogP contribution in [0.2, 0.25) is 0 Å².